The minimum Gasteiger partial charge on any atom is -0.493 e. The first-order valence-electron chi connectivity index (χ1n) is 9.40. The van der Waals surface area contributed by atoms with Crippen LogP contribution in [-0.4, -0.2) is 61.4 Å². The van der Waals surface area contributed by atoms with Gasteiger partial charge in [-0.25, -0.2) is 14.4 Å². The Bertz CT molecular complexity index is 984. The first-order valence-corrected chi connectivity index (χ1v) is 9.40. The van der Waals surface area contributed by atoms with Gasteiger partial charge in [-0.2, -0.15) is 0 Å². The third-order valence-electron chi connectivity index (χ3n) is 4.79. The second kappa shape index (κ2) is 8.59. The van der Waals surface area contributed by atoms with Crippen molar-refractivity contribution in [2.24, 2.45) is 0 Å². The van der Waals surface area contributed by atoms with Gasteiger partial charge in [-0.1, -0.05) is 0 Å². The molecule has 1 atom stereocenters. The molecule has 0 spiro atoms. The first kappa shape index (κ1) is 19.4. The normalized spacial score (nSPS) is 17.3. The Kier molecular flexibility index (Phi) is 5.73. The van der Waals surface area contributed by atoms with Crippen LogP contribution >= 0.6 is 0 Å². The van der Waals surface area contributed by atoms with Gasteiger partial charge >= 0.3 is 0 Å². The molecule has 1 aromatic heterocycles. The van der Waals surface area contributed by atoms with Crippen LogP contribution in [0, 0.1) is 5.82 Å². The van der Waals surface area contributed by atoms with Crippen molar-refractivity contribution in [1.29, 1.82) is 0 Å². The van der Waals surface area contributed by atoms with Crippen molar-refractivity contribution in [3.63, 3.8) is 0 Å². The molecule has 7 nitrogen and oxygen atoms in total. The van der Waals surface area contributed by atoms with E-state index in [1.54, 1.807) is 19.2 Å². The lowest BCUT2D eigenvalue weighted by Gasteiger charge is -2.30. The average Bonchev–Trinajstić information content (AvgIpc) is 2.73. The lowest BCUT2D eigenvalue weighted by Crippen LogP contribution is -2.42. The maximum absolute atomic E-state index is 13.2. The lowest BCUT2D eigenvalue weighted by molar-refractivity contribution is -0.0406. The van der Waals surface area contributed by atoms with Crippen molar-refractivity contribution in [3.05, 3.63) is 48.5 Å². The summed E-state index contributed by atoms with van der Waals surface area (Å²) in [4.78, 5) is 10.9. The highest BCUT2D eigenvalue weighted by Crippen LogP contribution is 2.35. The van der Waals surface area contributed by atoms with Gasteiger partial charge in [0.05, 0.1) is 19.2 Å². The summed E-state index contributed by atoms with van der Waals surface area (Å²) in [6.45, 7) is 2.88. The zero-order chi connectivity index (χ0) is 20.2. The molecule has 0 amide bonds. The molecule has 1 unspecified atom stereocenters. The molecule has 4 rings (SSSR count). The van der Waals surface area contributed by atoms with E-state index in [4.69, 9.17) is 14.2 Å². The van der Waals surface area contributed by atoms with Crippen molar-refractivity contribution in [1.82, 2.24) is 14.9 Å². The van der Waals surface area contributed by atoms with Crippen LogP contribution in [0.5, 0.6) is 11.5 Å². The van der Waals surface area contributed by atoms with Crippen LogP contribution in [0.15, 0.2) is 42.7 Å². The summed E-state index contributed by atoms with van der Waals surface area (Å²) in [6.07, 6.45) is 1.49. The maximum atomic E-state index is 13.2. The third kappa shape index (κ3) is 4.55. The van der Waals surface area contributed by atoms with Crippen LogP contribution in [0.3, 0.4) is 0 Å². The van der Waals surface area contributed by atoms with E-state index in [0.717, 1.165) is 24.2 Å². The number of benzene rings is 2. The van der Waals surface area contributed by atoms with Crippen molar-refractivity contribution in [2.75, 3.05) is 45.8 Å². The Morgan fingerprint density at radius 2 is 2.03 bits per heavy atom. The van der Waals surface area contributed by atoms with Crippen molar-refractivity contribution in [3.8, 4) is 11.5 Å². The fourth-order valence-corrected chi connectivity index (χ4v) is 3.26. The van der Waals surface area contributed by atoms with E-state index in [1.165, 1.54) is 18.5 Å². The Morgan fingerprint density at radius 1 is 1.21 bits per heavy atom. The van der Waals surface area contributed by atoms with E-state index in [2.05, 4.69) is 27.2 Å². The van der Waals surface area contributed by atoms with Crippen LogP contribution in [0.25, 0.3) is 10.9 Å². The van der Waals surface area contributed by atoms with Crippen molar-refractivity contribution in [2.45, 2.75) is 6.10 Å². The molecule has 1 saturated heterocycles. The topological polar surface area (TPSA) is 68.7 Å². The van der Waals surface area contributed by atoms with E-state index in [1.807, 2.05) is 12.1 Å². The number of aromatic nitrogens is 2. The number of ether oxygens (including phenoxy) is 3. The summed E-state index contributed by atoms with van der Waals surface area (Å²) in [5.74, 6) is 1.49. The van der Waals surface area contributed by atoms with Crippen molar-refractivity contribution < 1.29 is 18.6 Å². The van der Waals surface area contributed by atoms with Crippen molar-refractivity contribution >= 4 is 22.4 Å². The Morgan fingerprint density at radius 3 is 2.79 bits per heavy atom. The number of nitrogens with zero attached hydrogens (tertiary/aromatic N) is 3. The molecule has 3 aromatic rings. The van der Waals surface area contributed by atoms with Crippen LogP contribution in [0.4, 0.5) is 15.9 Å². The predicted octanol–water partition coefficient (Wildman–Crippen LogP) is 3.23. The summed E-state index contributed by atoms with van der Waals surface area (Å²) in [5.41, 5.74) is 1.44. The third-order valence-corrected chi connectivity index (χ3v) is 4.79. The number of anilines is 2. The Balaban J connectivity index is 1.58. The SMILES string of the molecule is COc1cc2c(Nc3ccc(F)cc3)ncnc2cc1OCC1CN(C)CCO1. The maximum Gasteiger partial charge on any atom is 0.163 e. The first-order chi connectivity index (χ1) is 14.1. The van der Waals surface area contributed by atoms with Crippen LogP contribution < -0.4 is 14.8 Å². The largest absolute Gasteiger partial charge is 0.493 e. The highest BCUT2D eigenvalue weighted by atomic mass is 19.1. The van der Waals surface area contributed by atoms with Crippen LogP contribution in [0.1, 0.15) is 0 Å². The predicted molar refractivity (Wildman–Crippen MR) is 109 cm³/mol. The molecular formula is C21H23FN4O3. The van der Waals surface area contributed by atoms with Gasteiger partial charge in [-0.05, 0) is 37.4 Å². The number of likely N-dealkylation sites (N-methyl/N-ethyl adjacent to an activating group) is 1. The molecule has 0 saturated carbocycles. The van der Waals surface area contributed by atoms with Gasteiger partial charge in [0.2, 0.25) is 0 Å². The number of hydrogen-bond acceptors (Lipinski definition) is 7. The van der Waals surface area contributed by atoms with E-state index < -0.39 is 0 Å². The molecule has 0 bridgehead atoms. The van der Waals surface area contributed by atoms with Crippen LogP contribution in [0.2, 0.25) is 0 Å². The standard InChI is InChI=1S/C21H23FN4O3/c1-26-7-8-28-16(11-26)12-29-20-10-18-17(9-19(20)27-2)21(24-13-23-18)25-15-5-3-14(22)4-6-15/h3-6,9-10,13,16H,7-8,11-12H2,1-2H3,(H,23,24,25). The Labute approximate surface area is 168 Å². The summed E-state index contributed by atoms with van der Waals surface area (Å²) in [7, 11) is 3.66. The second-order valence-corrected chi connectivity index (χ2v) is 6.94. The molecule has 0 radical (unpaired) electrons. The van der Waals surface area contributed by atoms with Gasteiger partial charge in [-0.15, -0.1) is 0 Å². The number of methoxy groups -OCH3 is 1. The monoisotopic (exact) mass is 398 g/mol. The average molecular weight is 398 g/mol. The van der Waals surface area contributed by atoms with Gasteiger partial charge < -0.3 is 24.4 Å². The zero-order valence-electron chi connectivity index (χ0n) is 16.4. The molecule has 0 aliphatic carbocycles. The molecule has 29 heavy (non-hydrogen) atoms. The molecule has 2 aromatic carbocycles. The molecule has 152 valence electrons. The summed E-state index contributed by atoms with van der Waals surface area (Å²) in [5, 5.41) is 3.97. The zero-order valence-corrected chi connectivity index (χ0v) is 16.4. The number of hydrogen-bond donors (Lipinski definition) is 1. The smallest absolute Gasteiger partial charge is 0.163 e. The number of nitrogens with one attached hydrogen (secondary N) is 1. The molecular weight excluding hydrogens is 375 g/mol. The molecule has 1 aliphatic heterocycles. The van der Waals surface area contributed by atoms with Gasteiger partial charge in [0.25, 0.3) is 0 Å². The fourth-order valence-electron chi connectivity index (χ4n) is 3.26. The minimum atomic E-state index is -0.292. The van der Waals surface area contributed by atoms with E-state index in [0.29, 0.717) is 36.0 Å². The quantitative estimate of drug-likeness (QED) is 0.684. The molecule has 1 N–H and O–H groups in total. The van der Waals surface area contributed by atoms with Gasteiger partial charge in [-0.3, -0.25) is 0 Å². The highest BCUT2D eigenvalue weighted by Gasteiger charge is 2.19. The Hall–Kier alpha value is -2.97. The van der Waals surface area contributed by atoms with Gasteiger partial charge in [0, 0.05) is 30.2 Å². The van der Waals surface area contributed by atoms with Crippen LogP contribution in [-0.2, 0) is 4.74 Å². The van der Waals surface area contributed by atoms with E-state index >= 15 is 0 Å². The summed E-state index contributed by atoms with van der Waals surface area (Å²) >= 11 is 0. The fraction of sp³-hybridized carbons (Fsp3) is 0.333. The number of rotatable bonds is 6. The molecule has 2 heterocycles. The number of halogens is 1. The highest BCUT2D eigenvalue weighted by molar-refractivity contribution is 5.93. The molecule has 1 fully saturated rings. The van der Waals surface area contributed by atoms with E-state index in [-0.39, 0.29) is 11.9 Å². The molecule has 1 aliphatic rings. The number of morpholine rings is 1. The number of fused-ring (bicyclic) bond motifs is 1. The lowest BCUT2D eigenvalue weighted by atomic mass is 10.2. The molecule has 8 heteroatoms. The second-order valence-electron chi connectivity index (χ2n) is 6.94. The van der Waals surface area contributed by atoms with E-state index in [9.17, 15) is 4.39 Å². The summed E-state index contributed by atoms with van der Waals surface area (Å²) < 4.78 is 30.4. The van der Waals surface area contributed by atoms with Gasteiger partial charge in [0.1, 0.15) is 30.7 Å². The minimum absolute atomic E-state index is 0.00950. The summed E-state index contributed by atoms with van der Waals surface area (Å²) in [6, 6.07) is 9.76. The van der Waals surface area contributed by atoms with Gasteiger partial charge in [0.15, 0.2) is 11.5 Å².